The number of nitrogens with zero attached hydrogens (tertiary/aromatic N) is 2. The van der Waals surface area contributed by atoms with Gasteiger partial charge in [-0.25, -0.2) is 0 Å². The van der Waals surface area contributed by atoms with Crippen LogP contribution < -0.4 is 0 Å². The summed E-state index contributed by atoms with van der Waals surface area (Å²) < 4.78 is 0. The summed E-state index contributed by atoms with van der Waals surface area (Å²) in [5.74, 6) is 0.243. The Balaban J connectivity index is 2.03. The van der Waals surface area contributed by atoms with Gasteiger partial charge in [-0.05, 0) is 24.3 Å². The number of benzene rings is 1. The quantitative estimate of drug-likeness (QED) is 0.794. The Labute approximate surface area is 94.1 Å². The van der Waals surface area contributed by atoms with Gasteiger partial charge in [0.05, 0.1) is 12.2 Å². The van der Waals surface area contributed by atoms with E-state index < -0.39 is 0 Å². The molecule has 0 unspecified atom stereocenters. The minimum absolute atomic E-state index is 0.243. The lowest BCUT2D eigenvalue weighted by Crippen LogP contribution is -1.87. The fourth-order valence-electron chi connectivity index (χ4n) is 1.33. The predicted molar refractivity (Wildman–Crippen MR) is 63.6 cm³/mol. The van der Waals surface area contributed by atoms with Crippen LogP contribution in [0.5, 0.6) is 5.75 Å². The third-order valence-corrected chi connectivity index (χ3v) is 2.15. The Morgan fingerprint density at radius 2 is 1.94 bits per heavy atom. The number of hydrogen-bond acceptors (Lipinski definition) is 3. The zero-order chi connectivity index (χ0) is 11.2. The molecule has 0 bridgehead atoms. The van der Waals surface area contributed by atoms with Crippen molar-refractivity contribution < 1.29 is 5.11 Å². The highest BCUT2D eigenvalue weighted by molar-refractivity contribution is 5.83. The van der Waals surface area contributed by atoms with Crippen molar-refractivity contribution >= 4 is 6.21 Å². The zero-order valence-electron chi connectivity index (χ0n) is 8.74. The number of phenolic OH excluding ortho intramolecular Hbond substituents is 1. The van der Waals surface area contributed by atoms with Crippen LogP contribution >= 0.6 is 0 Å². The Bertz CT molecular complexity index is 480. The summed E-state index contributed by atoms with van der Waals surface area (Å²) in [5, 5.41) is 9.50. The molecule has 80 valence electrons. The molecular formula is C13H12N2O. The molecule has 0 saturated heterocycles. The summed E-state index contributed by atoms with van der Waals surface area (Å²) in [6.45, 7) is 0.523. The number of phenols is 1. The second-order valence-electron chi connectivity index (χ2n) is 3.35. The van der Waals surface area contributed by atoms with Gasteiger partial charge in [-0.15, -0.1) is 0 Å². The van der Waals surface area contributed by atoms with Crippen molar-refractivity contribution in [1.29, 1.82) is 0 Å². The fourth-order valence-corrected chi connectivity index (χ4v) is 1.33. The summed E-state index contributed by atoms with van der Waals surface area (Å²) in [6, 6.07) is 12.8. The normalized spacial score (nSPS) is 10.8. The average Bonchev–Trinajstić information content (AvgIpc) is 2.33. The molecule has 0 amide bonds. The summed E-state index contributed by atoms with van der Waals surface area (Å²) in [7, 11) is 0. The summed E-state index contributed by atoms with van der Waals surface area (Å²) >= 11 is 0. The molecule has 0 aliphatic heterocycles. The first-order chi connectivity index (χ1) is 7.86. The van der Waals surface area contributed by atoms with E-state index in [2.05, 4.69) is 9.98 Å². The molecule has 0 atom stereocenters. The van der Waals surface area contributed by atoms with Gasteiger partial charge in [0.15, 0.2) is 0 Å². The van der Waals surface area contributed by atoms with Gasteiger partial charge >= 0.3 is 0 Å². The van der Waals surface area contributed by atoms with E-state index in [0.29, 0.717) is 6.54 Å². The number of pyridine rings is 1. The van der Waals surface area contributed by atoms with Crippen molar-refractivity contribution in [2.24, 2.45) is 4.99 Å². The van der Waals surface area contributed by atoms with Crippen LogP contribution in [0.2, 0.25) is 0 Å². The molecule has 0 aliphatic rings. The SMILES string of the molecule is Oc1ccccc1C=NCc1ccccn1. The van der Waals surface area contributed by atoms with Gasteiger partial charge in [0.2, 0.25) is 0 Å². The second-order valence-corrected chi connectivity index (χ2v) is 3.35. The molecule has 1 N–H and O–H groups in total. The van der Waals surface area contributed by atoms with E-state index in [1.165, 1.54) is 0 Å². The fraction of sp³-hybridized carbons (Fsp3) is 0.0769. The lowest BCUT2D eigenvalue weighted by Gasteiger charge is -1.97. The molecule has 0 saturated carbocycles. The summed E-state index contributed by atoms with van der Waals surface area (Å²) in [6.07, 6.45) is 3.40. The first-order valence-corrected chi connectivity index (χ1v) is 5.04. The highest BCUT2D eigenvalue weighted by Crippen LogP contribution is 2.12. The van der Waals surface area contributed by atoms with Crippen LogP contribution in [0.3, 0.4) is 0 Å². The van der Waals surface area contributed by atoms with Crippen LogP contribution in [0.4, 0.5) is 0 Å². The molecule has 3 heteroatoms. The maximum atomic E-state index is 9.50. The lowest BCUT2D eigenvalue weighted by atomic mass is 10.2. The summed E-state index contributed by atoms with van der Waals surface area (Å²) in [4.78, 5) is 8.38. The Hall–Kier alpha value is -2.16. The van der Waals surface area contributed by atoms with E-state index in [1.54, 1.807) is 24.5 Å². The van der Waals surface area contributed by atoms with Gasteiger partial charge in [0.1, 0.15) is 5.75 Å². The number of para-hydroxylation sites is 1. The van der Waals surface area contributed by atoms with Crippen molar-refractivity contribution in [3.05, 3.63) is 59.9 Å². The molecule has 0 aliphatic carbocycles. The molecule has 3 nitrogen and oxygen atoms in total. The van der Waals surface area contributed by atoms with Gasteiger partial charge in [-0.1, -0.05) is 18.2 Å². The second kappa shape index (κ2) is 5.07. The van der Waals surface area contributed by atoms with E-state index in [0.717, 1.165) is 11.3 Å². The van der Waals surface area contributed by atoms with Crippen molar-refractivity contribution in [2.75, 3.05) is 0 Å². The highest BCUT2D eigenvalue weighted by atomic mass is 16.3. The first kappa shape index (κ1) is 10.4. The maximum Gasteiger partial charge on any atom is 0.124 e. The van der Waals surface area contributed by atoms with Crippen LogP contribution in [0.1, 0.15) is 11.3 Å². The summed E-state index contributed by atoms with van der Waals surface area (Å²) in [5.41, 5.74) is 1.63. The van der Waals surface area contributed by atoms with Gasteiger partial charge < -0.3 is 5.11 Å². The molecule has 0 radical (unpaired) electrons. The van der Waals surface area contributed by atoms with E-state index in [1.807, 2.05) is 30.3 Å². The molecule has 1 heterocycles. The lowest BCUT2D eigenvalue weighted by molar-refractivity contribution is 0.474. The van der Waals surface area contributed by atoms with Crippen LogP contribution in [0.25, 0.3) is 0 Å². The third-order valence-electron chi connectivity index (χ3n) is 2.15. The average molecular weight is 212 g/mol. The molecule has 16 heavy (non-hydrogen) atoms. The van der Waals surface area contributed by atoms with Gasteiger partial charge in [-0.3, -0.25) is 9.98 Å². The minimum atomic E-state index is 0.243. The Morgan fingerprint density at radius 3 is 2.69 bits per heavy atom. The molecule has 1 aromatic heterocycles. The molecule has 0 fully saturated rings. The van der Waals surface area contributed by atoms with Gasteiger partial charge in [0, 0.05) is 18.0 Å². The smallest absolute Gasteiger partial charge is 0.124 e. The molecule has 2 aromatic rings. The number of rotatable bonds is 3. The third kappa shape index (κ3) is 2.67. The van der Waals surface area contributed by atoms with Gasteiger partial charge in [-0.2, -0.15) is 0 Å². The van der Waals surface area contributed by atoms with E-state index in [9.17, 15) is 5.11 Å². The van der Waals surface area contributed by atoms with Crippen LogP contribution in [-0.2, 0) is 6.54 Å². The standard InChI is InChI=1S/C13H12N2O/c16-13-7-2-1-5-11(13)9-14-10-12-6-3-4-8-15-12/h1-9,16H,10H2. The van der Waals surface area contributed by atoms with E-state index in [-0.39, 0.29) is 5.75 Å². The molecule has 0 spiro atoms. The maximum absolute atomic E-state index is 9.50. The largest absolute Gasteiger partial charge is 0.507 e. The monoisotopic (exact) mass is 212 g/mol. The topological polar surface area (TPSA) is 45.5 Å². The van der Waals surface area contributed by atoms with Crippen molar-refractivity contribution in [3.63, 3.8) is 0 Å². The van der Waals surface area contributed by atoms with Crippen molar-refractivity contribution in [3.8, 4) is 5.75 Å². The van der Waals surface area contributed by atoms with E-state index in [4.69, 9.17) is 0 Å². The Kier molecular flexibility index (Phi) is 3.28. The highest BCUT2D eigenvalue weighted by Gasteiger charge is 1.94. The molecular weight excluding hydrogens is 200 g/mol. The predicted octanol–water partition coefficient (Wildman–Crippen LogP) is 2.41. The zero-order valence-corrected chi connectivity index (χ0v) is 8.74. The van der Waals surface area contributed by atoms with Crippen LogP contribution in [0.15, 0.2) is 53.7 Å². The van der Waals surface area contributed by atoms with E-state index >= 15 is 0 Å². The van der Waals surface area contributed by atoms with Crippen LogP contribution in [-0.4, -0.2) is 16.3 Å². The Morgan fingerprint density at radius 1 is 1.12 bits per heavy atom. The molecule has 2 rings (SSSR count). The van der Waals surface area contributed by atoms with Crippen LogP contribution in [0, 0.1) is 0 Å². The number of aliphatic imine (C=N–C) groups is 1. The van der Waals surface area contributed by atoms with Gasteiger partial charge in [0.25, 0.3) is 0 Å². The first-order valence-electron chi connectivity index (χ1n) is 5.04. The number of aromatic hydroxyl groups is 1. The van der Waals surface area contributed by atoms with Crippen molar-refractivity contribution in [2.45, 2.75) is 6.54 Å². The minimum Gasteiger partial charge on any atom is -0.507 e. The molecule has 1 aromatic carbocycles. The number of hydrogen-bond donors (Lipinski definition) is 1. The number of aromatic nitrogens is 1. The van der Waals surface area contributed by atoms with Crippen molar-refractivity contribution in [1.82, 2.24) is 4.98 Å².